The number of hydrogen-bond acceptors (Lipinski definition) is 3. The number of piperidine rings is 1. The van der Waals surface area contributed by atoms with Crippen LogP contribution in [0.1, 0.15) is 58.8 Å². The van der Waals surface area contributed by atoms with E-state index in [9.17, 15) is 4.79 Å². The van der Waals surface area contributed by atoms with Gasteiger partial charge in [0.15, 0.2) is 0 Å². The molecule has 3 fully saturated rings. The number of nitrogens with one attached hydrogen (secondary N) is 1. The Morgan fingerprint density at radius 3 is 2.48 bits per heavy atom. The Morgan fingerprint density at radius 2 is 1.81 bits per heavy atom. The third-order valence-electron chi connectivity index (χ3n) is 5.72. The molecule has 4 heteroatoms. The summed E-state index contributed by atoms with van der Waals surface area (Å²) < 4.78 is 0. The first kappa shape index (κ1) is 15.3. The predicted molar refractivity (Wildman–Crippen MR) is 85.2 cm³/mol. The van der Waals surface area contributed by atoms with Gasteiger partial charge in [-0.3, -0.25) is 9.69 Å². The van der Waals surface area contributed by atoms with Crippen LogP contribution in [0, 0.1) is 0 Å². The predicted octanol–water partition coefficient (Wildman–Crippen LogP) is 1.99. The maximum Gasteiger partial charge on any atom is 0.220 e. The lowest BCUT2D eigenvalue weighted by molar-refractivity contribution is -0.142. The van der Waals surface area contributed by atoms with E-state index < -0.39 is 0 Å². The summed E-state index contributed by atoms with van der Waals surface area (Å²) in [4.78, 5) is 17.0. The average Bonchev–Trinajstić information content (AvgIpc) is 2.48. The van der Waals surface area contributed by atoms with Gasteiger partial charge in [0, 0.05) is 44.2 Å². The van der Waals surface area contributed by atoms with E-state index in [0.29, 0.717) is 24.2 Å². The van der Waals surface area contributed by atoms with Crippen molar-refractivity contribution in [2.45, 2.75) is 83.0 Å². The van der Waals surface area contributed by atoms with E-state index in [2.05, 4.69) is 22.0 Å². The van der Waals surface area contributed by atoms with Gasteiger partial charge in [0.1, 0.15) is 0 Å². The van der Waals surface area contributed by atoms with Crippen molar-refractivity contribution in [1.29, 1.82) is 0 Å². The Balaban J connectivity index is 1.70. The lowest BCUT2D eigenvalue weighted by atomic mass is 9.84. The van der Waals surface area contributed by atoms with Crippen LogP contribution in [0.15, 0.2) is 0 Å². The fourth-order valence-corrected chi connectivity index (χ4v) is 4.85. The molecule has 120 valence electrons. The van der Waals surface area contributed by atoms with Crippen LogP contribution in [-0.4, -0.2) is 59.5 Å². The average molecular weight is 293 g/mol. The molecule has 0 aromatic carbocycles. The molecule has 4 nitrogen and oxygen atoms in total. The van der Waals surface area contributed by atoms with Crippen molar-refractivity contribution in [3.63, 3.8) is 0 Å². The topological polar surface area (TPSA) is 35.6 Å². The van der Waals surface area contributed by atoms with Gasteiger partial charge in [0.2, 0.25) is 5.91 Å². The number of carbonyl (C=O) groups excluding carboxylic acids is 1. The van der Waals surface area contributed by atoms with Gasteiger partial charge in [-0.25, -0.2) is 0 Å². The molecule has 3 aliphatic rings. The second kappa shape index (κ2) is 6.66. The van der Waals surface area contributed by atoms with Gasteiger partial charge in [-0.1, -0.05) is 19.3 Å². The molecule has 2 aliphatic heterocycles. The number of amides is 1. The highest BCUT2D eigenvalue weighted by molar-refractivity contribution is 5.74. The molecule has 2 heterocycles. The minimum absolute atomic E-state index is 0.273. The quantitative estimate of drug-likeness (QED) is 0.846. The molecule has 21 heavy (non-hydrogen) atoms. The monoisotopic (exact) mass is 293 g/mol. The molecule has 4 atom stereocenters. The second-order valence-electron chi connectivity index (χ2n) is 7.30. The van der Waals surface area contributed by atoms with Gasteiger partial charge in [0.05, 0.1) is 0 Å². The third-order valence-corrected chi connectivity index (χ3v) is 5.72. The van der Waals surface area contributed by atoms with Crippen molar-refractivity contribution in [2.75, 3.05) is 19.6 Å². The minimum Gasteiger partial charge on any atom is -0.334 e. The summed E-state index contributed by atoms with van der Waals surface area (Å²) in [6.45, 7) is 7.39. The van der Waals surface area contributed by atoms with Crippen molar-refractivity contribution in [2.24, 2.45) is 0 Å². The SMILES string of the molecule is CC(=O)N1C(C)CN(CC2CCCCN2)C2CCCCC21. The number of nitrogens with zero attached hydrogens (tertiary/aromatic N) is 2. The van der Waals surface area contributed by atoms with Crippen molar-refractivity contribution in [3.05, 3.63) is 0 Å². The van der Waals surface area contributed by atoms with Crippen LogP contribution in [0.3, 0.4) is 0 Å². The zero-order chi connectivity index (χ0) is 14.8. The number of rotatable bonds is 2. The Labute approximate surface area is 129 Å². The van der Waals surface area contributed by atoms with E-state index in [1.54, 1.807) is 6.92 Å². The van der Waals surface area contributed by atoms with E-state index >= 15 is 0 Å². The van der Waals surface area contributed by atoms with E-state index in [0.717, 1.165) is 6.54 Å². The molecular weight excluding hydrogens is 262 g/mol. The molecule has 0 spiro atoms. The zero-order valence-electron chi connectivity index (χ0n) is 13.7. The van der Waals surface area contributed by atoms with Crippen LogP contribution in [-0.2, 0) is 4.79 Å². The molecule has 3 rings (SSSR count). The summed E-state index contributed by atoms with van der Waals surface area (Å²) >= 11 is 0. The van der Waals surface area contributed by atoms with Crippen LogP contribution in [0.25, 0.3) is 0 Å². The normalized spacial score (nSPS) is 38.1. The standard InChI is InChI=1S/C17H31N3O/c1-13-11-19(12-15-7-5-6-10-18-15)16-8-3-4-9-17(16)20(13)14(2)21/h13,15-18H,3-12H2,1-2H3. The fourth-order valence-electron chi connectivity index (χ4n) is 4.85. The fraction of sp³-hybridized carbons (Fsp3) is 0.941. The van der Waals surface area contributed by atoms with Crippen LogP contribution >= 0.6 is 0 Å². The lowest BCUT2D eigenvalue weighted by Crippen LogP contribution is -2.66. The molecule has 1 aliphatic carbocycles. The largest absolute Gasteiger partial charge is 0.334 e. The summed E-state index contributed by atoms with van der Waals surface area (Å²) in [5.41, 5.74) is 0. The van der Waals surface area contributed by atoms with E-state index in [-0.39, 0.29) is 5.91 Å². The Kier molecular flexibility index (Phi) is 4.85. The van der Waals surface area contributed by atoms with Gasteiger partial charge in [-0.05, 0) is 39.2 Å². The Hall–Kier alpha value is -0.610. The van der Waals surface area contributed by atoms with E-state index in [1.165, 1.54) is 58.0 Å². The Morgan fingerprint density at radius 1 is 1.10 bits per heavy atom. The highest BCUT2D eigenvalue weighted by Crippen LogP contribution is 2.33. The summed E-state index contributed by atoms with van der Waals surface area (Å²) in [6.07, 6.45) is 9.10. The van der Waals surface area contributed by atoms with Crippen molar-refractivity contribution >= 4 is 5.91 Å². The highest BCUT2D eigenvalue weighted by Gasteiger charge is 2.42. The minimum atomic E-state index is 0.273. The van der Waals surface area contributed by atoms with Crippen molar-refractivity contribution in [1.82, 2.24) is 15.1 Å². The molecule has 4 unspecified atom stereocenters. The van der Waals surface area contributed by atoms with Crippen molar-refractivity contribution in [3.8, 4) is 0 Å². The maximum atomic E-state index is 12.1. The zero-order valence-corrected chi connectivity index (χ0v) is 13.7. The molecule has 0 aromatic rings. The van der Waals surface area contributed by atoms with Crippen LogP contribution in [0.4, 0.5) is 0 Å². The molecule has 0 bridgehead atoms. The van der Waals surface area contributed by atoms with Crippen molar-refractivity contribution < 1.29 is 4.79 Å². The number of hydrogen-bond donors (Lipinski definition) is 1. The molecule has 1 amide bonds. The molecular formula is C17H31N3O. The van der Waals surface area contributed by atoms with Crippen LogP contribution < -0.4 is 5.32 Å². The first-order valence-corrected chi connectivity index (χ1v) is 8.93. The number of piperazine rings is 1. The Bertz CT molecular complexity index is 367. The lowest BCUT2D eigenvalue weighted by Gasteiger charge is -2.53. The summed E-state index contributed by atoms with van der Waals surface area (Å²) in [5.74, 6) is 0.273. The van der Waals surface area contributed by atoms with Gasteiger partial charge in [-0.2, -0.15) is 0 Å². The summed E-state index contributed by atoms with van der Waals surface area (Å²) in [6, 6.07) is 2.09. The summed E-state index contributed by atoms with van der Waals surface area (Å²) in [7, 11) is 0. The smallest absolute Gasteiger partial charge is 0.220 e. The van der Waals surface area contributed by atoms with Crippen LogP contribution in [0.2, 0.25) is 0 Å². The second-order valence-corrected chi connectivity index (χ2v) is 7.30. The van der Waals surface area contributed by atoms with Gasteiger partial charge in [0.25, 0.3) is 0 Å². The van der Waals surface area contributed by atoms with Gasteiger partial charge in [-0.15, -0.1) is 0 Å². The van der Waals surface area contributed by atoms with E-state index in [4.69, 9.17) is 0 Å². The molecule has 2 saturated heterocycles. The number of carbonyl (C=O) groups is 1. The first-order chi connectivity index (χ1) is 10.2. The van der Waals surface area contributed by atoms with E-state index in [1.807, 2.05) is 0 Å². The molecule has 1 saturated carbocycles. The maximum absolute atomic E-state index is 12.1. The van der Waals surface area contributed by atoms with Gasteiger partial charge >= 0.3 is 0 Å². The number of fused-ring (bicyclic) bond motifs is 1. The molecule has 0 radical (unpaired) electrons. The highest BCUT2D eigenvalue weighted by atomic mass is 16.2. The molecule has 0 aromatic heterocycles. The third kappa shape index (κ3) is 3.26. The molecule has 1 N–H and O–H groups in total. The summed E-state index contributed by atoms with van der Waals surface area (Å²) in [5, 5.41) is 3.69. The first-order valence-electron chi connectivity index (χ1n) is 8.93. The van der Waals surface area contributed by atoms with Crippen LogP contribution in [0.5, 0.6) is 0 Å². The van der Waals surface area contributed by atoms with Gasteiger partial charge < -0.3 is 10.2 Å².